The molecule has 3 rings (SSSR count). The summed E-state index contributed by atoms with van der Waals surface area (Å²) in [5.41, 5.74) is 3.39. The predicted molar refractivity (Wildman–Crippen MR) is 91.2 cm³/mol. The van der Waals surface area contributed by atoms with Crippen LogP contribution in [0.2, 0.25) is 6.32 Å². The summed E-state index contributed by atoms with van der Waals surface area (Å²) in [6, 6.07) is 13.8. The molecule has 0 radical (unpaired) electrons. The molecular weight excluding hydrogens is 305 g/mol. The monoisotopic (exact) mass is 323 g/mol. The number of nitriles is 1. The van der Waals surface area contributed by atoms with Crippen molar-refractivity contribution in [3.05, 3.63) is 47.5 Å². The summed E-state index contributed by atoms with van der Waals surface area (Å²) in [4.78, 5) is 0. The Hall–Kier alpha value is -2.49. The van der Waals surface area contributed by atoms with Crippen LogP contribution in [-0.4, -0.2) is 33.0 Å². The number of hydrogen-bond donors (Lipinski definition) is 1. The van der Waals surface area contributed by atoms with Crippen LogP contribution in [0.1, 0.15) is 17.0 Å². The van der Waals surface area contributed by atoms with Gasteiger partial charge in [0.15, 0.2) is 11.5 Å². The van der Waals surface area contributed by atoms with E-state index in [1.165, 1.54) is 7.11 Å². The smallest absolute Gasteiger partial charge is 0.454 e. The van der Waals surface area contributed by atoms with Gasteiger partial charge in [-0.05, 0) is 35.1 Å². The molecule has 6 heteroatoms. The molecule has 0 spiro atoms. The summed E-state index contributed by atoms with van der Waals surface area (Å²) in [5.74, 6) is 1.14. The van der Waals surface area contributed by atoms with Gasteiger partial charge in [-0.2, -0.15) is 5.26 Å². The summed E-state index contributed by atoms with van der Waals surface area (Å²) in [6.45, 7) is 0.514. The number of hydrogen-bond acceptors (Lipinski definition) is 5. The minimum Gasteiger partial charge on any atom is -0.493 e. The molecule has 0 aliphatic carbocycles. The van der Waals surface area contributed by atoms with E-state index in [2.05, 4.69) is 12.1 Å². The third kappa shape index (κ3) is 3.09. The third-order valence-corrected chi connectivity index (χ3v) is 4.27. The fraction of sp³-hybridized carbons (Fsp3) is 0.278. The van der Waals surface area contributed by atoms with Crippen LogP contribution in [-0.2, 0) is 4.65 Å². The lowest BCUT2D eigenvalue weighted by molar-refractivity contribution is 0.292. The maximum Gasteiger partial charge on any atom is 0.454 e. The molecule has 122 valence electrons. The second-order valence-electron chi connectivity index (χ2n) is 5.72. The molecule has 1 atom stereocenters. The molecule has 1 saturated heterocycles. The average molecular weight is 323 g/mol. The van der Waals surface area contributed by atoms with Crippen molar-refractivity contribution in [2.45, 2.75) is 12.2 Å². The van der Waals surface area contributed by atoms with Gasteiger partial charge < -0.3 is 19.2 Å². The van der Waals surface area contributed by atoms with Crippen LogP contribution in [0.3, 0.4) is 0 Å². The zero-order chi connectivity index (χ0) is 17.1. The van der Waals surface area contributed by atoms with Crippen LogP contribution in [0, 0.1) is 11.3 Å². The molecule has 0 bridgehead atoms. The topological polar surface area (TPSA) is 71.7 Å². The second kappa shape index (κ2) is 6.96. The molecule has 1 N–H and O–H groups in total. The second-order valence-corrected chi connectivity index (χ2v) is 5.72. The molecule has 5 nitrogen and oxygen atoms in total. The van der Waals surface area contributed by atoms with Gasteiger partial charge in [-0.1, -0.05) is 24.3 Å². The molecule has 0 saturated carbocycles. The van der Waals surface area contributed by atoms with E-state index in [0.29, 0.717) is 30.0 Å². The Kier molecular flexibility index (Phi) is 4.75. The first-order chi connectivity index (χ1) is 11.7. The number of nitrogens with zero attached hydrogens (tertiary/aromatic N) is 1. The van der Waals surface area contributed by atoms with E-state index in [1.807, 2.05) is 24.3 Å². The molecule has 1 aliphatic rings. The van der Waals surface area contributed by atoms with E-state index in [0.717, 1.165) is 16.7 Å². The largest absolute Gasteiger partial charge is 0.493 e. The maximum absolute atomic E-state index is 9.55. The lowest BCUT2D eigenvalue weighted by atomic mass is 9.79. The first-order valence-corrected chi connectivity index (χ1v) is 7.72. The molecule has 1 fully saturated rings. The van der Waals surface area contributed by atoms with Crippen molar-refractivity contribution < 1.29 is 19.2 Å². The molecule has 0 aromatic heterocycles. The Balaban J connectivity index is 2.02. The molecule has 1 aliphatic heterocycles. The van der Waals surface area contributed by atoms with Crippen molar-refractivity contribution in [3.63, 3.8) is 0 Å². The van der Waals surface area contributed by atoms with Crippen LogP contribution in [0.15, 0.2) is 36.4 Å². The minimum absolute atomic E-state index is 0.176. The van der Waals surface area contributed by atoms with Crippen molar-refractivity contribution >= 4 is 7.12 Å². The van der Waals surface area contributed by atoms with Crippen LogP contribution >= 0.6 is 0 Å². The molecule has 2 aromatic carbocycles. The van der Waals surface area contributed by atoms with Gasteiger partial charge in [0.2, 0.25) is 0 Å². The van der Waals surface area contributed by atoms with Crippen LogP contribution < -0.4 is 9.47 Å². The Morgan fingerprint density at radius 1 is 1.21 bits per heavy atom. The normalized spacial score (nSPS) is 16.8. The van der Waals surface area contributed by atoms with Gasteiger partial charge in [0.25, 0.3) is 0 Å². The molecule has 1 heterocycles. The Labute approximate surface area is 141 Å². The van der Waals surface area contributed by atoms with Crippen LogP contribution in [0.5, 0.6) is 11.5 Å². The number of benzene rings is 2. The van der Waals surface area contributed by atoms with Gasteiger partial charge in [-0.3, -0.25) is 0 Å². The summed E-state index contributed by atoms with van der Waals surface area (Å²) in [7, 11) is 2.38. The minimum atomic E-state index is -0.690. The van der Waals surface area contributed by atoms with Crippen molar-refractivity contribution in [2.24, 2.45) is 0 Å². The summed E-state index contributed by atoms with van der Waals surface area (Å²) in [6.07, 6.45) is 0.596. The average Bonchev–Trinajstić information content (AvgIpc) is 3.07. The highest BCUT2D eigenvalue weighted by Crippen LogP contribution is 2.37. The SMILES string of the molecule is COc1cc(-c2cccc(C3COB(O)C3)c2)cc(C#N)c1OC. The van der Waals surface area contributed by atoms with Crippen molar-refractivity contribution in [2.75, 3.05) is 20.8 Å². The lowest BCUT2D eigenvalue weighted by Crippen LogP contribution is -2.07. The highest BCUT2D eigenvalue weighted by molar-refractivity contribution is 6.43. The fourth-order valence-electron chi connectivity index (χ4n) is 3.03. The first kappa shape index (κ1) is 16.4. The van der Waals surface area contributed by atoms with E-state index in [-0.39, 0.29) is 5.92 Å². The van der Waals surface area contributed by atoms with Crippen LogP contribution in [0.25, 0.3) is 11.1 Å². The van der Waals surface area contributed by atoms with E-state index >= 15 is 0 Å². The van der Waals surface area contributed by atoms with Gasteiger partial charge in [-0.15, -0.1) is 0 Å². The Morgan fingerprint density at radius 3 is 2.67 bits per heavy atom. The zero-order valence-corrected chi connectivity index (χ0v) is 13.7. The number of methoxy groups -OCH3 is 2. The summed E-state index contributed by atoms with van der Waals surface area (Å²) in [5, 5.41) is 18.9. The maximum atomic E-state index is 9.55. The first-order valence-electron chi connectivity index (χ1n) is 7.72. The number of ether oxygens (including phenoxy) is 2. The van der Waals surface area contributed by atoms with Gasteiger partial charge in [0.05, 0.1) is 19.8 Å². The molecular formula is C18H18BNO4. The Morgan fingerprint density at radius 2 is 2.04 bits per heavy atom. The van der Waals surface area contributed by atoms with E-state index in [4.69, 9.17) is 14.1 Å². The molecule has 2 aromatic rings. The summed E-state index contributed by atoms with van der Waals surface area (Å²) >= 11 is 0. The van der Waals surface area contributed by atoms with Gasteiger partial charge in [-0.25, -0.2) is 0 Å². The quantitative estimate of drug-likeness (QED) is 0.876. The molecule has 24 heavy (non-hydrogen) atoms. The zero-order valence-electron chi connectivity index (χ0n) is 13.7. The van der Waals surface area contributed by atoms with Crippen molar-refractivity contribution in [1.82, 2.24) is 0 Å². The van der Waals surface area contributed by atoms with Crippen molar-refractivity contribution in [1.29, 1.82) is 5.26 Å². The fourth-order valence-corrected chi connectivity index (χ4v) is 3.03. The summed E-state index contributed by atoms with van der Waals surface area (Å²) < 4.78 is 15.9. The molecule has 0 amide bonds. The van der Waals surface area contributed by atoms with Crippen LogP contribution in [0.4, 0.5) is 0 Å². The standard InChI is InChI=1S/C18H18BNO4/c1-22-17-8-14(7-15(10-20)18(17)23-2)12-4-3-5-13(6-12)16-9-19(21)24-11-16/h3-8,16,21H,9,11H2,1-2H3. The third-order valence-electron chi connectivity index (χ3n) is 4.27. The van der Waals surface area contributed by atoms with Gasteiger partial charge >= 0.3 is 7.12 Å². The van der Waals surface area contributed by atoms with E-state index < -0.39 is 7.12 Å². The van der Waals surface area contributed by atoms with E-state index in [1.54, 1.807) is 13.2 Å². The predicted octanol–water partition coefficient (Wildman–Crippen LogP) is 2.84. The van der Waals surface area contributed by atoms with Gasteiger partial charge in [0, 0.05) is 12.5 Å². The van der Waals surface area contributed by atoms with E-state index in [9.17, 15) is 10.3 Å². The highest BCUT2D eigenvalue weighted by atomic mass is 16.5. The number of rotatable bonds is 4. The lowest BCUT2D eigenvalue weighted by Gasteiger charge is -2.14. The highest BCUT2D eigenvalue weighted by Gasteiger charge is 2.29. The van der Waals surface area contributed by atoms with Crippen molar-refractivity contribution in [3.8, 4) is 28.7 Å². The van der Waals surface area contributed by atoms with Gasteiger partial charge in [0.1, 0.15) is 6.07 Å². The molecule has 1 unspecified atom stereocenters. The Bertz CT molecular complexity index is 787.